The van der Waals surface area contributed by atoms with Crippen molar-refractivity contribution in [3.05, 3.63) is 72.2 Å². The Kier molecular flexibility index (Phi) is 6.11. The van der Waals surface area contributed by atoms with Gasteiger partial charge in [-0.15, -0.1) is 0 Å². The minimum atomic E-state index is 0.456. The van der Waals surface area contributed by atoms with Gasteiger partial charge in [0.1, 0.15) is 18.4 Å². The summed E-state index contributed by atoms with van der Waals surface area (Å²) in [6.45, 7) is 4.56. The maximum absolute atomic E-state index is 8.00. The van der Waals surface area contributed by atoms with Crippen molar-refractivity contribution in [1.29, 1.82) is 0 Å². The van der Waals surface area contributed by atoms with E-state index in [0.29, 0.717) is 12.4 Å². The van der Waals surface area contributed by atoms with Crippen LogP contribution in [0.25, 0.3) is 22.0 Å². The van der Waals surface area contributed by atoms with Crippen LogP contribution in [0, 0.1) is 6.92 Å². The summed E-state index contributed by atoms with van der Waals surface area (Å²) in [6, 6.07) is 13.9. The molecule has 5 N–H and O–H groups in total. The number of nitrogens with two attached hydrogens (primary N) is 2. The van der Waals surface area contributed by atoms with E-state index in [9.17, 15) is 0 Å². The van der Waals surface area contributed by atoms with Crippen LogP contribution in [-0.4, -0.2) is 21.7 Å². The molecule has 0 unspecified atom stereocenters. The normalized spacial score (nSPS) is 10.3. The molecule has 0 aliphatic rings. The van der Waals surface area contributed by atoms with Crippen LogP contribution in [0.5, 0.6) is 0 Å². The van der Waals surface area contributed by atoms with Gasteiger partial charge in [0, 0.05) is 41.8 Å². The molecule has 0 amide bonds. The Labute approximate surface area is 168 Å². The molecular weight excluding hydrogens is 364 g/mol. The quantitative estimate of drug-likeness (QED) is 0.490. The van der Waals surface area contributed by atoms with Crippen LogP contribution in [0.1, 0.15) is 11.1 Å². The van der Waals surface area contributed by atoms with Gasteiger partial charge in [0.2, 0.25) is 0 Å². The Morgan fingerprint density at radius 2 is 1.83 bits per heavy atom. The summed E-state index contributed by atoms with van der Waals surface area (Å²) in [5, 5.41) is 5.10. The number of nitrogen functional groups attached to an aromatic ring is 1. The van der Waals surface area contributed by atoms with Crippen molar-refractivity contribution in [3.63, 3.8) is 0 Å². The molecule has 3 aromatic heterocycles. The smallest absolute Gasteiger partial charge is 0.133 e. The highest BCUT2D eigenvalue weighted by molar-refractivity contribution is 5.94. The zero-order chi connectivity index (χ0) is 20.8. The molecule has 0 fully saturated rings. The molecular formula is C22H22N6O. The van der Waals surface area contributed by atoms with Crippen LogP contribution in [0.2, 0.25) is 0 Å². The Morgan fingerprint density at radius 3 is 2.52 bits per heavy atom. The molecule has 0 bridgehead atoms. The monoisotopic (exact) mass is 386 g/mol. The van der Waals surface area contributed by atoms with Crippen molar-refractivity contribution in [3.8, 4) is 11.3 Å². The molecule has 0 spiro atoms. The fraction of sp³-hybridized carbons (Fsp3) is 0.0909. The van der Waals surface area contributed by atoms with Crippen molar-refractivity contribution in [2.75, 3.05) is 11.1 Å². The molecule has 0 aliphatic carbocycles. The van der Waals surface area contributed by atoms with Gasteiger partial charge in [-0.3, -0.25) is 4.98 Å². The molecule has 0 saturated carbocycles. The van der Waals surface area contributed by atoms with Gasteiger partial charge < -0.3 is 21.6 Å². The Morgan fingerprint density at radius 1 is 1.07 bits per heavy atom. The molecule has 0 atom stereocenters. The van der Waals surface area contributed by atoms with E-state index in [1.807, 2.05) is 62.4 Å². The maximum atomic E-state index is 8.00. The standard InChI is InChI=1S/C21H20N6.CH2O/c1-13-6-7-24-11-17(13)19-8-15-9-20(25-12-18(15)21(23)27-19)26-16-4-2-14(10-22)3-5-16;1-2/h2-9,11-12H,10,22H2,1H3,(H2,23,27)(H,25,26);1H2. The summed E-state index contributed by atoms with van der Waals surface area (Å²) in [4.78, 5) is 21.2. The van der Waals surface area contributed by atoms with Crippen LogP contribution in [0.4, 0.5) is 17.3 Å². The second-order valence-corrected chi connectivity index (χ2v) is 6.40. The summed E-state index contributed by atoms with van der Waals surface area (Å²) in [7, 11) is 0. The SMILES string of the molecule is C=O.Cc1ccncc1-c1cc2cc(Nc3ccc(CN)cc3)ncc2c(N)n1. The highest BCUT2D eigenvalue weighted by atomic mass is 16.1. The first-order valence-electron chi connectivity index (χ1n) is 8.96. The predicted octanol–water partition coefficient (Wildman–Crippen LogP) is 3.60. The lowest BCUT2D eigenvalue weighted by Crippen LogP contribution is -1.99. The lowest BCUT2D eigenvalue weighted by Gasteiger charge is -2.10. The molecule has 0 saturated heterocycles. The average Bonchev–Trinajstić information content (AvgIpc) is 2.76. The number of aryl methyl sites for hydroxylation is 1. The third-order valence-electron chi connectivity index (χ3n) is 4.52. The largest absolute Gasteiger partial charge is 0.383 e. The number of aromatic nitrogens is 3. The Bertz CT molecular complexity index is 1130. The molecule has 3 heterocycles. The van der Waals surface area contributed by atoms with Gasteiger partial charge in [0.15, 0.2) is 0 Å². The zero-order valence-electron chi connectivity index (χ0n) is 16.1. The second-order valence-electron chi connectivity index (χ2n) is 6.40. The van der Waals surface area contributed by atoms with E-state index in [1.165, 1.54) is 0 Å². The number of pyridine rings is 3. The molecule has 1 aromatic carbocycles. The highest BCUT2D eigenvalue weighted by Crippen LogP contribution is 2.29. The Hall–Kier alpha value is -3.84. The second kappa shape index (κ2) is 8.90. The number of anilines is 3. The molecule has 0 aliphatic heterocycles. The molecule has 7 nitrogen and oxygen atoms in total. The Balaban J connectivity index is 0.00000117. The topological polar surface area (TPSA) is 120 Å². The van der Waals surface area contributed by atoms with Crippen LogP contribution in [0.15, 0.2) is 61.1 Å². The first-order valence-corrected chi connectivity index (χ1v) is 8.96. The van der Waals surface area contributed by atoms with Crippen molar-refractivity contribution in [1.82, 2.24) is 15.0 Å². The van der Waals surface area contributed by atoms with Gasteiger partial charge in [-0.2, -0.15) is 0 Å². The summed E-state index contributed by atoms with van der Waals surface area (Å²) in [5.41, 5.74) is 16.7. The van der Waals surface area contributed by atoms with Crippen LogP contribution >= 0.6 is 0 Å². The van der Waals surface area contributed by atoms with Crippen LogP contribution in [0.3, 0.4) is 0 Å². The number of carbonyl (C=O) groups excluding carboxylic acids is 1. The van der Waals surface area contributed by atoms with Crippen molar-refractivity contribution in [2.45, 2.75) is 13.5 Å². The van der Waals surface area contributed by atoms with E-state index in [1.54, 1.807) is 12.4 Å². The summed E-state index contributed by atoms with van der Waals surface area (Å²) >= 11 is 0. The minimum absolute atomic E-state index is 0.456. The van der Waals surface area contributed by atoms with Gasteiger partial charge >= 0.3 is 0 Å². The fourth-order valence-corrected chi connectivity index (χ4v) is 2.98. The number of rotatable bonds is 4. The predicted molar refractivity (Wildman–Crippen MR) is 117 cm³/mol. The third kappa shape index (κ3) is 4.36. The molecule has 4 rings (SSSR count). The zero-order valence-corrected chi connectivity index (χ0v) is 16.1. The highest BCUT2D eigenvalue weighted by Gasteiger charge is 2.09. The van der Waals surface area contributed by atoms with Gasteiger partial charge in [-0.05, 0) is 53.8 Å². The fourth-order valence-electron chi connectivity index (χ4n) is 2.98. The lowest BCUT2D eigenvalue weighted by molar-refractivity contribution is -0.0979. The van der Waals surface area contributed by atoms with Crippen molar-refractivity contribution < 1.29 is 4.79 Å². The number of hydrogen-bond donors (Lipinski definition) is 3. The van der Waals surface area contributed by atoms with Gasteiger partial charge in [0.05, 0.1) is 5.69 Å². The van der Waals surface area contributed by atoms with E-state index in [2.05, 4.69) is 20.3 Å². The van der Waals surface area contributed by atoms with E-state index >= 15 is 0 Å². The van der Waals surface area contributed by atoms with E-state index in [-0.39, 0.29) is 0 Å². The molecule has 29 heavy (non-hydrogen) atoms. The number of fused-ring (bicyclic) bond motifs is 1. The average molecular weight is 386 g/mol. The number of hydrogen-bond acceptors (Lipinski definition) is 7. The van der Waals surface area contributed by atoms with Crippen molar-refractivity contribution >= 4 is 34.9 Å². The molecule has 0 radical (unpaired) electrons. The lowest BCUT2D eigenvalue weighted by atomic mass is 10.1. The van der Waals surface area contributed by atoms with Gasteiger partial charge in [0.25, 0.3) is 0 Å². The summed E-state index contributed by atoms with van der Waals surface area (Å²) in [5.74, 6) is 1.19. The minimum Gasteiger partial charge on any atom is -0.383 e. The first kappa shape index (κ1) is 19.9. The number of carbonyl (C=O) groups is 1. The molecule has 4 aromatic rings. The third-order valence-corrected chi connectivity index (χ3v) is 4.52. The summed E-state index contributed by atoms with van der Waals surface area (Å²) in [6.07, 6.45) is 5.32. The van der Waals surface area contributed by atoms with Crippen LogP contribution in [-0.2, 0) is 11.3 Å². The molecule has 146 valence electrons. The molecule has 7 heteroatoms. The number of benzene rings is 1. The van der Waals surface area contributed by atoms with Gasteiger partial charge in [-0.25, -0.2) is 9.97 Å². The van der Waals surface area contributed by atoms with E-state index in [4.69, 9.17) is 16.3 Å². The first-order chi connectivity index (χ1) is 14.1. The van der Waals surface area contributed by atoms with E-state index < -0.39 is 0 Å². The number of nitrogens with one attached hydrogen (secondary N) is 1. The summed E-state index contributed by atoms with van der Waals surface area (Å²) < 4.78 is 0. The van der Waals surface area contributed by atoms with Crippen LogP contribution < -0.4 is 16.8 Å². The van der Waals surface area contributed by atoms with Crippen molar-refractivity contribution in [2.24, 2.45) is 5.73 Å². The van der Waals surface area contributed by atoms with E-state index in [0.717, 1.165) is 44.7 Å². The number of nitrogens with zero attached hydrogens (tertiary/aromatic N) is 3. The van der Waals surface area contributed by atoms with Gasteiger partial charge in [-0.1, -0.05) is 12.1 Å². The maximum Gasteiger partial charge on any atom is 0.133 e.